The fourth-order valence-electron chi connectivity index (χ4n) is 1.70. The fraction of sp³-hybridized carbons (Fsp3) is 0.0714. The third kappa shape index (κ3) is 3.38. The van der Waals surface area contributed by atoms with Crippen LogP contribution in [0.2, 0.25) is 0 Å². The molecule has 7 heteroatoms. The summed E-state index contributed by atoms with van der Waals surface area (Å²) in [7, 11) is -4.02. The lowest BCUT2D eigenvalue weighted by molar-refractivity contribution is -0.255. The highest BCUT2D eigenvalue weighted by atomic mass is 32.2. The lowest BCUT2D eigenvalue weighted by atomic mass is 10.2. The van der Waals surface area contributed by atoms with Crippen LogP contribution in [0.4, 0.5) is 10.1 Å². The maximum Gasteiger partial charge on any atom is 0.261 e. The number of carboxylic acids is 1. The van der Waals surface area contributed by atoms with Crippen molar-refractivity contribution in [1.29, 1.82) is 0 Å². The van der Waals surface area contributed by atoms with Crippen LogP contribution in [-0.2, 0) is 10.0 Å². The Morgan fingerprint density at radius 3 is 2.57 bits per heavy atom. The summed E-state index contributed by atoms with van der Waals surface area (Å²) in [5, 5.41) is 10.8. The van der Waals surface area contributed by atoms with Gasteiger partial charge in [0.25, 0.3) is 10.0 Å². The third-order valence-electron chi connectivity index (χ3n) is 2.82. The molecule has 2 aromatic rings. The van der Waals surface area contributed by atoms with Gasteiger partial charge in [-0.15, -0.1) is 0 Å². The first-order valence-corrected chi connectivity index (χ1v) is 7.38. The van der Waals surface area contributed by atoms with Gasteiger partial charge in [-0.05, 0) is 42.3 Å². The van der Waals surface area contributed by atoms with E-state index in [1.165, 1.54) is 30.3 Å². The molecule has 2 rings (SSSR count). The molecule has 5 nitrogen and oxygen atoms in total. The molecule has 0 heterocycles. The van der Waals surface area contributed by atoms with Crippen LogP contribution >= 0.6 is 0 Å². The number of halogens is 1. The average molecular weight is 308 g/mol. The van der Waals surface area contributed by atoms with Crippen LogP contribution in [0.5, 0.6) is 0 Å². The number of aromatic carboxylic acids is 1. The normalized spacial score (nSPS) is 11.1. The molecule has 110 valence electrons. The molecule has 0 saturated heterocycles. The summed E-state index contributed by atoms with van der Waals surface area (Å²) in [6, 6.07) is 8.43. The van der Waals surface area contributed by atoms with Crippen molar-refractivity contribution < 1.29 is 22.7 Å². The predicted molar refractivity (Wildman–Crippen MR) is 72.7 cm³/mol. The summed E-state index contributed by atoms with van der Waals surface area (Å²) < 4.78 is 39.8. The van der Waals surface area contributed by atoms with E-state index in [1.807, 2.05) is 0 Å². The van der Waals surface area contributed by atoms with E-state index in [0.29, 0.717) is 5.56 Å². The van der Waals surface area contributed by atoms with Crippen molar-refractivity contribution in [1.82, 2.24) is 0 Å². The molecule has 2 aromatic carbocycles. The topological polar surface area (TPSA) is 86.3 Å². The molecular formula is C14H11FNO4S-. The SMILES string of the molecule is Cc1ccc(F)cc1NS(=O)(=O)c1cccc(C(=O)[O-])c1. The fourth-order valence-corrected chi connectivity index (χ4v) is 2.87. The van der Waals surface area contributed by atoms with E-state index in [2.05, 4.69) is 4.72 Å². The van der Waals surface area contributed by atoms with E-state index >= 15 is 0 Å². The highest BCUT2D eigenvalue weighted by Gasteiger charge is 2.16. The lowest BCUT2D eigenvalue weighted by Crippen LogP contribution is -2.23. The second-order valence-electron chi connectivity index (χ2n) is 4.38. The number of aryl methyl sites for hydroxylation is 1. The molecule has 21 heavy (non-hydrogen) atoms. The molecule has 0 amide bonds. The molecule has 1 N–H and O–H groups in total. The number of benzene rings is 2. The minimum Gasteiger partial charge on any atom is -0.545 e. The first-order chi connectivity index (χ1) is 9.79. The Balaban J connectivity index is 2.41. The van der Waals surface area contributed by atoms with Crippen molar-refractivity contribution >= 4 is 21.7 Å². The van der Waals surface area contributed by atoms with Crippen molar-refractivity contribution in [2.24, 2.45) is 0 Å². The maximum absolute atomic E-state index is 13.2. The minimum absolute atomic E-state index is 0.0915. The summed E-state index contributed by atoms with van der Waals surface area (Å²) in [4.78, 5) is 10.5. The smallest absolute Gasteiger partial charge is 0.261 e. The van der Waals surface area contributed by atoms with Crippen molar-refractivity contribution in [3.05, 3.63) is 59.4 Å². The molecule has 0 spiro atoms. The van der Waals surface area contributed by atoms with Crippen LogP contribution in [0.1, 0.15) is 15.9 Å². The van der Waals surface area contributed by atoms with Crippen molar-refractivity contribution in [2.75, 3.05) is 4.72 Å². The van der Waals surface area contributed by atoms with E-state index in [1.54, 1.807) is 6.92 Å². The van der Waals surface area contributed by atoms with Gasteiger partial charge in [0.15, 0.2) is 0 Å². The largest absolute Gasteiger partial charge is 0.545 e. The molecule has 0 radical (unpaired) electrons. The summed E-state index contributed by atoms with van der Waals surface area (Å²) in [5.74, 6) is -2.06. The summed E-state index contributed by atoms with van der Waals surface area (Å²) in [6.45, 7) is 1.62. The Morgan fingerprint density at radius 2 is 1.90 bits per heavy atom. The minimum atomic E-state index is -4.02. The highest BCUT2D eigenvalue weighted by Crippen LogP contribution is 2.21. The molecule has 0 aliphatic carbocycles. The standard InChI is InChI=1S/C14H12FNO4S/c1-9-5-6-11(15)8-13(9)16-21(19,20)12-4-2-3-10(7-12)14(17)18/h2-8,16H,1H3,(H,17,18)/p-1. The van der Waals surface area contributed by atoms with E-state index in [-0.39, 0.29) is 16.1 Å². The number of carboxylic acid groups (broad SMARTS) is 1. The van der Waals surface area contributed by atoms with Gasteiger partial charge in [0.1, 0.15) is 5.82 Å². The van der Waals surface area contributed by atoms with E-state index < -0.39 is 21.8 Å². The Bertz CT molecular complexity index is 802. The van der Waals surface area contributed by atoms with Crippen LogP contribution in [-0.4, -0.2) is 14.4 Å². The Kier molecular flexibility index (Phi) is 3.95. The zero-order valence-electron chi connectivity index (χ0n) is 11.0. The van der Waals surface area contributed by atoms with Crippen molar-refractivity contribution in [3.8, 4) is 0 Å². The number of nitrogens with one attached hydrogen (secondary N) is 1. The zero-order valence-corrected chi connectivity index (χ0v) is 11.8. The van der Waals surface area contributed by atoms with Gasteiger partial charge in [-0.3, -0.25) is 4.72 Å². The van der Waals surface area contributed by atoms with Crippen LogP contribution in [0.3, 0.4) is 0 Å². The molecule has 0 aliphatic rings. The number of hydrogen-bond donors (Lipinski definition) is 1. The Hall–Kier alpha value is -2.41. The molecule has 0 unspecified atom stereocenters. The lowest BCUT2D eigenvalue weighted by Gasteiger charge is -2.11. The first kappa shape index (κ1) is 15.0. The van der Waals surface area contributed by atoms with E-state index in [4.69, 9.17) is 0 Å². The molecule has 0 aromatic heterocycles. The van der Waals surface area contributed by atoms with Gasteiger partial charge < -0.3 is 9.90 Å². The van der Waals surface area contributed by atoms with Gasteiger partial charge in [0.2, 0.25) is 0 Å². The molecule has 0 fully saturated rings. The molecule has 0 atom stereocenters. The van der Waals surface area contributed by atoms with Gasteiger partial charge in [-0.2, -0.15) is 0 Å². The zero-order chi connectivity index (χ0) is 15.6. The second kappa shape index (κ2) is 5.53. The number of rotatable bonds is 4. The van der Waals surface area contributed by atoms with Gasteiger partial charge in [-0.1, -0.05) is 18.2 Å². The molecule has 0 bridgehead atoms. The molecular weight excluding hydrogens is 297 g/mol. The first-order valence-electron chi connectivity index (χ1n) is 5.90. The third-order valence-corrected chi connectivity index (χ3v) is 4.19. The Morgan fingerprint density at radius 1 is 1.19 bits per heavy atom. The van der Waals surface area contributed by atoms with Crippen LogP contribution < -0.4 is 9.83 Å². The van der Waals surface area contributed by atoms with E-state index in [9.17, 15) is 22.7 Å². The molecule has 0 saturated carbocycles. The number of carbonyl (C=O) groups is 1. The van der Waals surface area contributed by atoms with Crippen molar-refractivity contribution in [2.45, 2.75) is 11.8 Å². The number of anilines is 1. The highest BCUT2D eigenvalue weighted by molar-refractivity contribution is 7.92. The number of carbonyl (C=O) groups excluding carboxylic acids is 1. The summed E-state index contributed by atoms with van der Waals surface area (Å²) in [5.41, 5.74) is 0.374. The van der Waals surface area contributed by atoms with Crippen LogP contribution in [0.15, 0.2) is 47.4 Å². The van der Waals surface area contributed by atoms with Crippen molar-refractivity contribution in [3.63, 3.8) is 0 Å². The average Bonchev–Trinajstić information content (AvgIpc) is 2.43. The predicted octanol–water partition coefficient (Wildman–Crippen LogP) is 1.30. The second-order valence-corrected chi connectivity index (χ2v) is 6.06. The van der Waals surface area contributed by atoms with Gasteiger partial charge in [0, 0.05) is 0 Å². The monoisotopic (exact) mass is 308 g/mol. The van der Waals surface area contributed by atoms with Crippen LogP contribution in [0, 0.1) is 12.7 Å². The van der Waals surface area contributed by atoms with Gasteiger partial charge in [0.05, 0.1) is 16.6 Å². The maximum atomic E-state index is 13.2. The molecule has 0 aliphatic heterocycles. The van der Waals surface area contributed by atoms with Gasteiger partial charge in [-0.25, -0.2) is 12.8 Å². The Labute approximate surface area is 121 Å². The van der Waals surface area contributed by atoms with E-state index in [0.717, 1.165) is 12.1 Å². The summed E-state index contributed by atoms with van der Waals surface area (Å²) in [6.07, 6.45) is 0. The summed E-state index contributed by atoms with van der Waals surface area (Å²) >= 11 is 0. The van der Waals surface area contributed by atoms with Crippen LogP contribution in [0.25, 0.3) is 0 Å². The quantitative estimate of drug-likeness (QED) is 0.922. The number of hydrogen-bond acceptors (Lipinski definition) is 4. The van der Waals surface area contributed by atoms with Gasteiger partial charge >= 0.3 is 0 Å². The number of sulfonamides is 1.